The normalized spacial score (nSPS) is 11.0. The van der Waals surface area contributed by atoms with Crippen LogP contribution in [0, 0.1) is 0 Å². The van der Waals surface area contributed by atoms with E-state index in [-0.39, 0.29) is 12.1 Å². The number of aliphatic hydroxyl groups excluding tert-OH is 1. The lowest BCUT2D eigenvalue weighted by Crippen LogP contribution is -2.36. The number of carbonyl (C=O) groups excluding carboxylic acids is 2. The number of hydrogen-bond acceptors (Lipinski definition) is 3. The van der Waals surface area contributed by atoms with Gasteiger partial charge in [0, 0.05) is 38.1 Å². The maximum atomic E-state index is 11.4. The van der Waals surface area contributed by atoms with E-state index in [2.05, 4.69) is 75.3 Å². The van der Waals surface area contributed by atoms with E-state index >= 15 is 0 Å². The van der Waals surface area contributed by atoms with Crippen molar-refractivity contribution in [2.75, 3.05) is 38.1 Å². The van der Waals surface area contributed by atoms with E-state index in [4.69, 9.17) is 5.11 Å². The van der Waals surface area contributed by atoms with Crippen LogP contribution in [0.4, 0.5) is 9.59 Å². The highest BCUT2D eigenvalue weighted by molar-refractivity contribution is 9.09. The predicted octanol–water partition coefficient (Wildman–Crippen LogP) is 8.91. The topological polar surface area (TPSA) is 102 Å². The Morgan fingerprint density at radius 3 is 1.17 bits per heavy atom. The van der Waals surface area contributed by atoms with Gasteiger partial charge in [0.15, 0.2) is 0 Å². The molecular weight excluding hydrogens is 592 g/mol. The number of urea groups is 2. The first-order valence-corrected chi connectivity index (χ1v) is 18.2. The summed E-state index contributed by atoms with van der Waals surface area (Å²) in [5.74, 6) is 0. The number of unbranched alkanes of at least 4 members (excludes halogenated alkanes) is 14. The number of alkyl halides is 1. The van der Waals surface area contributed by atoms with Crippen LogP contribution >= 0.6 is 15.9 Å². The molecule has 0 aromatic rings. The number of halogens is 1. The van der Waals surface area contributed by atoms with Crippen LogP contribution in [0.2, 0.25) is 0 Å². The minimum atomic E-state index is -0.0365. The molecule has 42 heavy (non-hydrogen) atoms. The summed E-state index contributed by atoms with van der Waals surface area (Å²) in [6.45, 7) is 7.73. The number of amides is 4. The molecule has 5 N–H and O–H groups in total. The van der Waals surface area contributed by atoms with Crippen LogP contribution in [0.5, 0.6) is 0 Å². The summed E-state index contributed by atoms with van der Waals surface area (Å²) in [6, 6.07) is -0.0565. The summed E-state index contributed by atoms with van der Waals surface area (Å²) in [6.07, 6.45) is 31.8. The van der Waals surface area contributed by atoms with E-state index in [1.165, 1.54) is 51.4 Å². The molecule has 0 aliphatic heterocycles. The molecule has 0 unspecified atom stereocenters. The molecule has 0 saturated heterocycles. The first kappa shape index (κ1) is 42.6. The van der Waals surface area contributed by atoms with Gasteiger partial charge in [-0.1, -0.05) is 92.6 Å². The monoisotopic (exact) mass is 658 g/mol. The maximum absolute atomic E-state index is 11.4. The Labute approximate surface area is 268 Å². The number of nitrogens with one attached hydrogen (secondary N) is 4. The predicted molar refractivity (Wildman–Crippen MR) is 186 cm³/mol. The van der Waals surface area contributed by atoms with E-state index in [1.807, 2.05) is 0 Å². The van der Waals surface area contributed by atoms with Gasteiger partial charge in [-0.25, -0.2) is 9.59 Å². The summed E-state index contributed by atoms with van der Waals surface area (Å²) in [4.78, 5) is 22.8. The highest BCUT2D eigenvalue weighted by Crippen LogP contribution is 2.04. The fraction of sp³-hybridized carbons (Fsp3) is 0.824. The Hall–Kier alpha value is -1.54. The Bertz CT molecular complexity index is 566. The van der Waals surface area contributed by atoms with Crippen molar-refractivity contribution in [3.8, 4) is 0 Å². The zero-order valence-electron chi connectivity index (χ0n) is 27.3. The smallest absolute Gasteiger partial charge is 0.314 e. The van der Waals surface area contributed by atoms with Crippen LogP contribution in [0.3, 0.4) is 0 Å². The van der Waals surface area contributed by atoms with E-state index in [0.29, 0.717) is 6.61 Å². The zero-order chi connectivity index (χ0) is 31.2. The Morgan fingerprint density at radius 2 is 0.833 bits per heavy atom. The average molecular weight is 660 g/mol. The summed E-state index contributed by atoms with van der Waals surface area (Å²) >= 11 is 3.45. The lowest BCUT2D eigenvalue weighted by atomic mass is 10.1. The minimum absolute atomic E-state index is 0.0200. The second-order valence-electron chi connectivity index (χ2n) is 10.8. The van der Waals surface area contributed by atoms with Gasteiger partial charge in [0.2, 0.25) is 0 Å². The van der Waals surface area contributed by atoms with Crippen molar-refractivity contribution in [1.82, 2.24) is 21.3 Å². The molecule has 0 aromatic heterocycles. The molecule has 0 radical (unpaired) electrons. The van der Waals surface area contributed by atoms with Gasteiger partial charge in [0.1, 0.15) is 0 Å². The number of allylic oxidation sites excluding steroid dienone is 4. The second-order valence-corrected chi connectivity index (χ2v) is 11.6. The highest BCUT2D eigenvalue weighted by Gasteiger charge is 1.98. The number of carbonyl (C=O) groups is 2. The molecule has 0 aliphatic rings. The molecule has 248 valence electrons. The molecule has 0 aliphatic carbocycles. The molecule has 0 rings (SSSR count). The van der Waals surface area contributed by atoms with Gasteiger partial charge in [-0.2, -0.15) is 0 Å². The van der Waals surface area contributed by atoms with Crippen molar-refractivity contribution in [1.29, 1.82) is 0 Å². The first-order valence-electron chi connectivity index (χ1n) is 17.1. The SMILES string of the molecule is CCCCCNC(=O)NCCCC/C=C\CCCCCBr.CCCCCNC(=O)NCCCC/C=C\CCCCCO. The van der Waals surface area contributed by atoms with Crippen molar-refractivity contribution < 1.29 is 14.7 Å². The fourth-order valence-corrected chi connectivity index (χ4v) is 4.41. The lowest BCUT2D eigenvalue weighted by molar-refractivity contribution is 0.239. The third kappa shape index (κ3) is 40.6. The fourth-order valence-electron chi connectivity index (χ4n) is 4.01. The van der Waals surface area contributed by atoms with Gasteiger partial charge in [0.25, 0.3) is 0 Å². The molecule has 0 atom stereocenters. The molecule has 0 heterocycles. The van der Waals surface area contributed by atoms with Gasteiger partial charge in [-0.05, 0) is 89.9 Å². The van der Waals surface area contributed by atoms with Gasteiger partial charge < -0.3 is 26.4 Å². The molecule has 0 aromatic carbocycles. The third-order valence-electron chi connectivity index (χ3n) is 6.66. The molecule has 0 saturated carbocycles. The lowest BCUT2D eigenvalue weighted by Gasteiger charge is -2.06. The molecule has 8 heteroatoms. The van der Waals surface area contributed by atoms with Crippen molar-refractivity contribution in [2.45, 2.75) is 142 Å². The van der Waals surface area contributed by atoms with Crippen LogP contribution < -0.4 is 21.3 Å². The van der Waals surface area contributed by atoms with E-state index in [0.717, 1.165) is 109 Å². The molecule has 0 bridgehead atoms. The summed E-state index contributed by atoms with van der Waals surface area (Å²) in [5, 5.41) is 21.3. The van der Waals surface area contributed by atoms with Crippen LogP contribution in [0.25, 0.3) is 0 Å². The van der Waals surface area contributed by atoms with Crippen molar-refractivity contribution in [3.05, 3.63) is 24.3 Å². The number of aliphatic hydroxyl groups is 1. The Balaban J connectivity index is 0. The summed E-state index contributed by atoms with van der Waals surface area (Å²) in [5.41, 5.74) is 0. The highest BCUT2D eigenvalue weighted by atomic mass is 79.9. The van der Waals surface area contributed by atoms with Crippen LogP contribution in [-0.2, 0) is 0 Å². The van der Waals surface area contributed by atoms with Crippen molar-refractivity contribution >= 4 is 28.0 Å². The molecular formula is C34H67BrN4O3. The van der Waals surface area contributed by atoms with Gasteiger partial charge >= 0.3 is 12.1 Å². The Kier molecular flexibility index (Phi) is 40.0. The van der Waals surface area contributed by atoms with Gasteiger partial charge in [-0.3, -0.25) is 0 Å². The number of rotatable bonds is 28. The van der Waals surface area contributed by atoms with Crippen molar-refractivity contribution in [2.24, 2.45) is 0 Å². The Morgan fingerprint density at radius 1 is 0.500 bits per heavy atom. The average Bonchev–Trinajstić information content (AvgIpc) is 2.99. The van der Waals surface area contributed by atoms with E-state index < -0.39 is 0 Å². The first-order chi connectivity index (χ1) is 20.6. The van der Waals surface area contributed by atoms with Crippen molar-refractivity contribution in [3.63, 3.8) is 0 Å². The standard InChI is InChI=1S/C17H33BrN2O.C17H34N2O2/c1-2-3-12-15-19-17(21)20-16-13-10-8-6-4-5-7-9-11-14-18;1-2-3-11-14-18-17(21)19-15-12-9-7-5-4-6-8-10-13-16-20/h4,6H,2-3,5,7-16H2,1H3,(H2,19,20,21);4-5,20H,2-3,6-16H2,1H3,(H2,18,19,21)/b6-4-;5-4-. The van der Waals surface area contributed by atoms with Gasteiger partial charge in [-0.15, -0.1) is 0 Å². The van der Waals surface area contributed by atoms with E-state index in [1.54, 1.807) is 0 Å². The van der Waals surface area contributed by atoms with Crippen LogP contribution in [0.1, 0.15) is 142 Å². The molecule has 0 spiro atoms. The second kappa shape index (κ2) is 39.5. The van der Waals surface area contributed by atoms with Crippen LogP contribution in [0.15, 0.2) is 24.3 Å². The summed E-state index contributed by atoms with van der Waals surface area (Å²) in [7, 11) is 0. The molecule has 4 amide bonds. The zero-order valence-corrected chi connectivity index (χ0v) is 28.9. The van der Waals surface area contributed by atoms with Crippen LogP contribution in [-0.4, -0.2) is 55.3 Å². The maximum Gasteiger partial charge on any atom is 0.314 e. The third-order valence-corrected chi connectivity index (χ3v) is 7.23. The summed E-state index contributed by atoms with van der Waals surface area (Å²) < 4.78 is 0. The minimum Gasteiger partial charge on any atom is -0.396 e. The molecule has 0 fully saturated rings. The van der Waals surface area contributed by atoms with Gasteiger partial charge in [0.05, 0.1) is 0 Å². The number of hydrogen-bond donors (Lipinski definition) is 5. The molecule has 7 nitrogen and oxygen atoms in total. The quantitative estimate of drug-likeness (QED) is 0.0329. The largest absolute Gasteiger partial charge is 0.396 e. The van der Waals surface area contributed by atoms with E-state index in [9.17, 15) is 9.59 Å².